The predicted octanol–water partition coefficient (Wildman–Crippen LogP) is 6.45. The Morgan fingerprint density at radius 3 is 2.46 bits per heavy atom. The number of allylic oxidation sites excluding steroid dienone is 2. The van der Waals surface area contributed by atoms with Crippen LogP contribution in [-0.4, -0.2) is 16.6 Å². The predicted molar refractivity (Wildman–Crippen MR) is 114 cm³/mol. The Kier molecular flexibility index (Phi) is 6.23. The first kappa shape index (κ1) is 20.2. The molecule has 1 heterocycles. The number of nitrogens with zero attached hydrogens (tertiary/aromatic N) is 1. The number of rotatable bonds is 4. The Bertz CT molecular complexity index is 833. The van der Waals surface area contributed by atoms with Crippen LogP contribution in [0.1, 0.15) is 63.1 Å². The van der Waals surface area contributed by atoms with Crippen molar-refractivity contribution >= 4 is 6.09 Å². The lowest BCUT2D eigenvalue weighted by Gasteiger charge is -2.38. The van der Waals surface area contributed by atoms with Crippen LogP contribution in [0.15, 0.2) is 66.4 Å². The fourth-order valence-electron chi connectivity index (χ4n) is 3.72. The molecule has 0 aromatic heterocycles. The van der Waals surface area contributed by atoms with Crippen LogP contribution in [0.4, 0.5) is 4.79 Å². The molecule has 1 unspecified atom stereocenters. The summed E-state index contributed by atoms with van der Waals surface area (Å²) in [5.74, 6) is 0.145. The van der Waals surface area contributed by atoms with Crippen LogP contribution in [0, 0.1) is 0 Å². The quantitative estimate of drug-likeness (QED) is 0.613. The van der Waals surface area contributed by atoms with E-state index in [0.717, 1.165) is 25.0 Å². The monoisotopic (exact) mass is 377 g/mol. The van der Waals surface area contributed by atoms with Crippen molar-refractivity contribution in [2.75, 3.05) is 0 Å². The highest BCUT2D eigenvalue weighted by atomic mass is 16.6. The molecule has 0 spiro atoms. The van der Waals surface area contributed by atoms with Gasteiger partial charge in [0.15, 0.2) is 0 Å². The summed E-state index contributed by atoms with van der Waals surface area (Å²) in [5, 5.41) is 0. The van der Waals surface area contributed by atoms with Gasteiger partial charge in [-0.2, -0.15) is 0 Å². The largest absolute Gasteiger partial charge is 0.443 e. The summed E-state index contributed by atoms with van der Waals surface area (Å²) in [4.78, 5) is 14.9. The van der Waals surface area contributed by atoms with Gasteiger partial charge in [-0.3, -0.25) is 4.90 Å². The zero-order chi connectivity index (χ0) is 20.1. The molecule has 1 aliphatic heterocycles. The number of carbonyl (C=O) groups excluding carboxylic acids is 1. The number of ether oxygens (including phenoxy) is 1. The summed E-state index contributed by atoms with van der Waals surface area (Å²) in [6.07, 6.45) is 4.83. The number of hydrogen-bond acceptors (Lipinski definition) is 2. The van der Waals surface area contributed by atoms with Gasteiger partial charge in [0.1, 0.15) is 5.60 Å². The summed E-state index contributed by atoms with van der Waals surface area (Å²) < 4.78 is 5.75. The van der Waals surface area contributed by atoms with E-state index in [4.69, 9.17) is 4.74 Å². The number of unbranched alkanes of at least 4 members (excludes halogenated alkanes) is 1. The molecule has 0 N–H and O–H groups in total. The third-order valence-corrected chi connectivity index (χ3v) is 4.97. The van der Waals surface area contributed by atoms with Crippen LogP contribution in [0.25, 0.3) is 0 Å². The number of benzene rings is 2. The molecule has 1 aliphatic rings. The van der Waals surface area contributed by atoms with E-state index in [1.165, 1.54) is 16.7 Å². The number of carbonyl (C=O) groups is 1. The highest BCUT2D eigenvalue weighted by molar-refractivity contribution is 5.72. The highest BCUT2D eigenvalue weighted by Gasteiger charge is 2.35. The normalized spacial score (nSPS) is 18.1. The van der Waals surface area contributed by atoms with Crippen molar-refractivity contribution in [1.82, 2.24) is 4.90 Å². The first-order chi connectivity index (χ1) is 13.4. The Labute approximate surface area is 169 Å². The van der Waals surface area contributed by atoms with E-state index >= 15 is 0 Å². The molecule has 0 radical (unpaired) electrons. The Hall–Kier alpha value is -2.55. The molecular formula is C25H31NO2. The maximum absolute atomic E-state index is 13.1. The highest BCUT2D eigenvalue weighted by Crippen LogP contribution is 2.39. The lowest BCUT2D eigenvalue weighted by molar-refractivity contribution is 0.0277. The van der Waals surface area contributed by atoms with Crippen LogP contribution in [-0.2, 0) is 17.7 Å². The zero-order valence-corrected chi connectivity index (χ0v) is 17.4. The lowest BCUT2D eigenvalue weighted by atomic mass is 9.82. The topological polar surface area (TPSA) is 29.5 Å². The van der Waals surface area contributed by atoms with Gasteiger partial charge in [-0.25, -0.2) is 4.79 Å². The standard InChI is InChI=1S/C25H31NO2/c1-5-6-16-23-22(17-19-12-8-7-9-13-19)21-15-11-10-14-20(21)18-26(23)24(27)28-25(2,3)4/h7-16,22H,5-6,17-18H2,1-4H3/b23-16-. The number of fused-ring (bicyclic) bond motifs is 1. The maximum atomic E-state index is 13.1. The molecular weight excluding hydrogens is 346 g/mol. The van der Waals surface area contributed by atoms with Gasteiger partial charge in [0, 0.05) is 11.6 Å². The number of hydrogen-bond donors (Lipinski definition) is 0. The zero-order valence-electron chi connectivity index (χ0n) is 17.4. The number of amides is 1. The van der Waals surface area contributed by atoms with Crippen LogP contribution >= 0.6 is 0 Å². The van der Waals surface area contributed by atoms with Crippen molar-refractivity contribution in [1.29, 1.82) is 0 Å². The molecule has 28 heavy (non-hydrogen) atoms. The van der Waals surface area contributed by atoms with Gasteiger partial charge in [0.2, 0.25) is 0 Å². The van der Waals surface area contributed by atoms with Gasteiger partial charge in [0.25, 0.3) is 0 Å². The molecule has 0 saturated carbocycles. The minimum absolute atomic E-state index is 0.145. The third kappa shape index (κ3) is 4.83. The molecule has 3 nitrogen and oxygen atoms in total. The summed E-state index contributed by atoms with van der Waals surface area (Å²) in [5.41, 5.74) is 4.34. The molecule has 2 aromatic carbocycles. The molecule has 0 aliphatic carbocycles. The van der Waals surface area contributed by atoms with E-state index < -0.39 is 5.60 Å². The van der Waals surface area contributed by atoms with E-state index in [1.807, 2.05) is 37.8 Å². The molecule has 3 heteroatoms. The van der Waals surface area contributed by atoms with Crippen LogP contribution in [0.3, 0.4) is 0 Å². The van der Waals surface area contributed by atoms with E-state index in [1.54, 1.807) is 0 Å². The Balaban J connectivity index is 2.03. The molecule has 3 rings (SSSR count). The molecule has 1 atom stereocenters. The smallest absolute Gasteiger partial charge is 0.414 e. The van der Waals surface area contributed by atoms with Crippen LogP contribution in [0.5, 0.6) is 0 Å². The first-order valence-electron chi connectivity index (χ1n) is 10.2. The summed E-state index contributed by atoms with van der Waals surface area (Å²) >= 11 is 0. The molecule has 0 fully saturated rings. The van der Waals surface area contributed by atoms with Crippen molar-refractivity contribution < 1.29 is 9.53 Å². The van der Waals surface area contributed by atoms with Crippen molar-refractivity contribution in [2.24, 2.45) is 0 Å². The van der Waals surface area contributed by atoms with Crippen molar-refractivity contribution in [3.8, 4) is 0 Å². The SMILES string of the molecule is CCC/C=C1/C(Cc2ccccc2)c2ccccc2CN1C(=O)OC(C)(C)C. The minimum atomic E-state index is -0.515. The molecule has 0 saturated heterocycles. The fourth-order valence-corrected chi connectivity index (χ4v) is 3.72. The maximum Gasteiger partial charge on any atom is 0.414 e. The second-order valence-corrected chi connectivity index (χ2v) is 8.43. The third-order valence-electron chi connectivity index (χ3n) is 4.97. The van der Waals surface area contributed by atoms with E-state index in [-0.39, 0.29) is 12.0 Å². The van der Waals surface area contributed by atoms with Gasteiger partial charge in [-0.1, -0.05) is 74.0 Å². The van der Waals surface area contributed by atoms with Crippen molar-refractivity contribution in [2.45, 2.75) is 65.0 Å². The average molecular weight is 378 g/mol. The van der Waals surface area contributed by atoms with E-state index in [9.17, 15) is 4.79 Å². The first-order valence-corrected chi connectivity index (χ1v) is 10.2. The Morgan fingerprint density at radius 1 is 1.11 bits per heavy atom. The van der Waals surface area contributed by atoms with Gasteiger partial charge in [0.05, 0.1) is 6.54 Å². The summed E-state index contributed by atoms with van der Waals surface area (Å²) in [6, 6.07) is 19.0. The van der Waals surface area contributed by atoms with Crippen LogP contribution in [0.2, 0.25) is 0 Å². The van der Waals surface area contributed by atoms with Crippen molar-refractivity contribution in [3.63, 3.8) is 0 Å². The van der Waals surface area contributed by atoms with E-state index in [2.05, 4.69) is 55.5 Å². The fraction of sp³-hybridized carbons (Fsp3) is 0.400. The van der Waals surface area contributed by atoms with E-state index in [0.29, 0.717) is 6.54 Å². The van der Waals surface area contributed by atoms with Gasteiger partial charge in [-0.15, -0.1) is 0 Å². The molecule has 1 amide bonds. The lowest BCUT2D eigenvalue weighted by Crippen LogP contribution is -2.40. The van der Waals surface area contributed by atoms with Gasteiger partial charge in [-0.05, 0) is 50.3 Å². The second-order valence-electron chi connectivity index (χ2n) is 8.43. The summed E-state index contributed by atoms with van der Waals surface area (Å²) in [7, 11) is 0. The molecule has 0 bridgehead atoms. The van der Waals surface area contributed by atoms with Gasteiger partial charge < -0.3 is 4.74 Å². The van der Waals surface area contributed by atoms with Gasteiger partial charge >= 0.3 is 6.09 Å². The van der Waals surface area contributed by atoms with Crippen molar-refractivity contribution in [3.05, 3.63) is 83.1 Å². The molecule has 148 valence electrons. The summed E-state index contributed by atoms with van der Waals surface area (Å²) in [6.45, 7) is 8.48. The minimum Gasteiger partial charge on any atom is -0.443 e. The molecule has 2 aromatic rings. The van der Waals surface area contributed by atoms with Crippen LogP contribution < -0.4 is 0 Å². The Morgan fingerprint density at radius 2 is 1.79 bits per heavy atom. The average Bonchev–Trinajstić information content (AvgIpc) is 2.66. The second kappa shape index (κ2) is 8.64.